The minimum Gasteiger partial charge on any atom is -0.322 e. The van der Waals surface area contributed by atoms with Gasteiger partial charge in [0.15, 0.2) is 6.04 Å². The summed E-state index contributed by atoms with van der Waals surface area (Å²) < 4.78 is 0. The number of anilines is 1. The van der Waals surface area contributed by atoms with E-state index in [-0.39, 0.29) is 11.9 Å². The fraction of sp³-hybridized carbons (Fsp3) is 0.269. The van der Waals surface area contributed by atoms with Gasteiger partial charge >= 0.3 is 0 Å². The van der Waals surface area contributed by atoms with Crippen molar-refractivity contribution in [3.05, 3.63) is 90.5 Å². The molecule has 1 atom stereocenters. The molecule has 3 N–H and O–H groups in total. The van der Waals surface area contributed by atoms with E-state index in [1.54, 1.807) is 4.90 Å². The van der Waals surface area contributed by atoms with Crippen molar-refractivity contribution in [2.45, 2.75) is 19.5 Å². The molecule has 1 aliphatic heterocycles. The molecule has 0 aromatic heterocycles. The quantitative estimate of drug-likeness (QED) is 0.578. The summed E-state index contributed by atoms with van der Waals surface area (Å²) in [5.74, 6) is 0.0971. The number of amides is 1. The lowest BCUT2D eigenvalue weighted by molar-refractivity contribution is -1.02. The van der Waals surface area contributed by atoms with E-state index in [1.165, 1.54) is 10.5 Å². The van der Waals surface area contributed by atoms with Gasteiger partial charge in [0.1, 0.15) is 32.7 Å². The van der Waals surface area contributed by atoms with Gasteiger partial charge < -0.3 is 15.1 Å². The van der Waals surface area contributed by atoms with Crippen molar-refractivity contribution in [1.82, 2.24) is 0 Å². The summed E-state index contributed by atoms with van der Waals surface area (Å²) in [6.07, 6.45) is 0. The van der Waals surface area contributed by atoms with Crippen LogP contribution in [0.15, 0.2) is 84.9 Å². The van der Waals surface area contributed by atoms with Crippen molar-refractivity contribution < 1.29 is 14.6 Å². The van der Waals surface area contributed by atoms with Crippen molar-refractivity contribution in [1.29, 1.82) is 0 Å². The Balaban J connectivity index is 1.35. The molecular weight excluding hydrogens is 370 g/mol. The molecule has 4 rings (SSSR count). The van der Waals surface area contributed by atoms with Crippen LogP contribution in [0.2, 0.25) is 0 Å². The predicted molar refractivity (Wildman–Crippen MR) is 122 cm³/mol. The molecule has 0 saturated carbocycles. The molecule has 1 saturated heterocycles. The Kier molecular flexibility index (Phi) is 6.57. The normalized spacial score (nSPS) is 19.8. The van der Waals surface area contributed by atoms with E-state index < -0.39 is 0 Å². The molecule has 30 heavy (non-hydrogen) atoms. The molecular formula is C26H31N3O+2. The lowest BCUT2D eigenvalue weighted by Crippen LogP contribution is -3.29. The average Bonchev–Trinajstić information content (AvgIpc) is 2.81. The second-order valence-corrected chi connectivity index (χ2v) is 8.19. The molecule has 0 radical (unpaired) electrons. The number of carbonyl (C=O) groups is 1. The molecule has 1 aliphatic rings. The predicted octanol–water partition coefficient (Wildman–Crippen LogP) is 1.66. The molecule has 1 heterocycles. The lowest BCUT2D eigenvalue weighted by Gasteiger charge is -2.32. The second kappa shape index (κ2) is 9.70. The lowest BCUT2D eigenvalue weighted by atomic mass is 10.0. The van der Waals surface area contributed by atoms with Crippen LogP contribution in [-0.4, -0.2) is 38.1 Å². The Labute approximate surface area is 179 Å². The van der Waals surface area contributed by atoms with Crippen LogP contribution in [0, 0.1) is 0 Å². The first-order valence-electron chi connectivity index (χ1n) is 10.9. The Hall–Kier alpha value is -2.95. The molecule has 154 valence electrons. The van der Waals surface area contributed by atoms with Crippen LogP contribution in [0.4, 0.5) is 5.69 Å². The molecule has 1 fully saturated rings. The first-order valence-corrected chi connectivity index (χ1v) is 10.9. The zero-order valence-electron chi connectivity index (χ0n) is 17.6. The number of rotatable bonds is 6. The third-order valence-electron chi connectivity index (χ3n) is 6.17. The Bertz CT molecular complexity index is 950. The first kappa shape index (κ1) is 20.3. The van der Waals surface area contributed by atoms with Crippen molar-refractivity contribution in [3.63, 3.8) is 0 Å². The van der Waals surface area contributed by atoms with E-state index in [0.29, 0.717) is 0 Å². The number of piperazine rings is 1. The number of carbonyl (C=O) groups excluding carboxylic acids is 1. The van der Waals surface area contributed by atoms with Gasteiger partial charge in [0.2, 0.25) is 0 Å². The van der Waals surface area contributed by atoms with Crippen LogP contribution in [0.25, 0.3) is 11.1 Å². The van der Waals surface area contributed by atoms with Crippen LogP contribution in [-0.2, 0) is 11.3 Å². The summed E-state index contributed by atoms with van der Waals surface area (Å²) in [5.41, 5.74) is 4.45. The van der Waals surface area contributed by atoms with Crippen molar-refractivity contribution in [2.75, 3.05) is 31.5 Å². The number of para-hydroxylation sites is 1. The fourth-order valence-electron chi connectivity index (χ4n) is 4.31. The zero-order chi connectivity index (χ0) is 20.8. The highest BCUT2D eigenvalue weighted by Gasteiger charge is 2.31. The van der Waals surface area contributed by atoms with Gasteiger partial charge in [-0.25, -0.2) is 0 Å². The van der Waals surface area contributed by atoms with Gasteiger partial charge in [0, 0.05) is 16.8 Å². The van der Waals surface area contributed by atoms with Crippen molar-refractivity contribution >= 4 is 11.6 Å². The van der Waals surface area contributed by atoms with Gasteiger partial charge in [-0.15, -0.1) is 0 Å². The van der Waals surface area contributed by atoms with E-state index in [1.807, 2.05) is 36.4 Å². The summed E-state index contributed by atoms with van der Waals surface area (Å²) in [6.45, 7) is 7.37. The summed E-state index contributed by atoms with van der Waals surface area (Å²) in [5, 5.41) is 3.19. The summed E-state index contributed by atoms with van der Waals surface area (Å²) in [4.78, 5) is 16.0. The molecule has 4 nitrogen and oxygen atoms in total. The fourth-order valence-corrected chi connectivity index (χ4v) is 4.31. The van der Waals surface area contributed by atoms with Gasteiger partial charge in [-0.3, -0.25) is 4.79 Å². The highest BCUT2D eigenvalue weighted by atomic mass is 16.2. The SMILES string of the molecule is C[C@@H](C(=O)Nc1ccccc1-c1ccccc1)[NH+]1CC[NH+](Cc2ccccc2)CC1. The minimum atomic E-state index is -0.0629. The summed E-state index contributed by atoms with van der Waals surface area (Å²) in [7, 11) is 0. The van der Waals surface area contributed by atoms with Gasteiger partial charge in [-0.1, -0.05) is 78.9 Å². The first-order chi connectivity index (χ1) is 14.7. The van der Waals surface area contributed by atoms with E-state index in [2.05, 4.69) is 60.8 Å². The maximum atomic E-state index is 13.0. The monoisotopic (exact) mass is 401 g/mol. The summed E-state index contributed by atoms with van der Waals surface area (Å²) >= 11 is 0. The van der Waals surface area contributed by atoms with Gasteiger partial charge in [0.25, 0.3) is 5.91 Å². The van der Waals surface area contributed by atoms with Gasteiger partial charge in [0.05, 0.1) is 0 Å². The molecule has 4 heteroatoms. The highest BCUT2D eigenvalue weighted by Crippen LogP contribution is 2.27. The number of benzene rings is 3. The molecule has 0 spiro atoms. The Morgan fingerprint density at radius 2 is 1.43 bits per heavy atom. The second-order valence-electron chi connectivity index (χ2n) is 8.19. The van der Waals surface area contributed by atoms with Gasteiger partial charge in [-0.05, 0) is 18.6 Å². The molecule has 3 aromatic carbocycles. The molecule has 1 amide bonds. The topological polar surface area (TPSA) is 38.0 Å². The molecule has 0 aliphatic carbocycles. The molecule has 3 aromatic rings. The number of quaternary nitrogens is 2. The number of hydrogen-bond donors (Lipinski definition) is 3. The Morgan fingerprint density at radius 1 is 0.833 bits per heavy atom. The maximum absolute atomic E-state index is 13.0. The minimum absolute atomic E-state index is 0.0629. The standard InChI is InChI=1S/C26H29N3O/c1-21(29-18-16-28(17-19-29)20-22-10-4-2-5-11-22)26(30)27-25-15-9-8-14-24(25)23-12-6-3-7-13-23/h2-15,21H,16-20H2,1H3,(H,27,30)/p+2/t21-/m0/s1. The van der Waals surface area contributed by atoms with E-state index in [9.17, 15) is 4.79 Å². The van der Waals surface area contributed by atoms with Crippen molar-refractivity contribution in [3.8, 4) is 11.1 Å². The third kappa shape index (κ3) is 4.96. The average molecular weight is 402 g/mol. The van der Waals surface area contributed by atoms with Crippen LogP contribution in [0.3, 0.4) is 0 Å². The zero-order valence-corrected chi connectivity index (χ0v) is 17.6. The van der Waals surface area contributed by atoms with Crippen LogP contribution in [0.1, 0.15) is 12.5 Å². The smallest absolute Gasteiger partial charge is 0.282 e. The van der Waals surface area contributed by atoms with E-state index >= 15 is 0 Å². The Morgan fingerprint density at radius 3 is 2.13 bits per heavy atom. The number of hydrogen-bond acceptors (Lipinski definition) is 1. The van der Waals surface area contributed by atoms with Crippen LogP contribution >= 0.6 is 0 Å². The van der Waals surface area contributed by atoms with E-state index in [0.717, 1.165) is 49.5 Å². The molecule has 0 bridgehead atoms. The largest absolute Gasteiger partial charge is 0.322 e. The summed E-state index contributed by atoms with van der Waals surface area (Å²) in [6, 6.07) is 28.9. The van der Waals surface area contributed by atoms with Gasteiger partial charge in [-0.2, -0.15) is 0 Å². The third-order valence-corrected chi connectivity index (χ3v) is 6.17. The number of nitrogens with one attached hydrogen (secondary N) is 3. The van der Waals surface area contributed by atoms with E-state index in [4.69, 9.17) is 0 Å². The van der Waals surface area contributed by atoms with Crippen LogP contribution < -0.4 is 15.1 Å². The van der Waals surface area contributed by atoms with Crippen molar-refractivity contribution in [2.24, 2.45) is 0 Å². The molecule has 0 unspecified atom stereocenters. The van der Waals surface area contributed by atoms with Crippen LogP contribution in [0.5, 0.6) is 0 Å². The highest BCUT2D eigenvalue weighted by molar-refractivity contribution is 5.97. The maximum Gasteiger partial charge on any atom is 0.282 e.